The van der Waals surface area contributed by atoms with Gasteiger partial charge in [-0.05, 0) is 92.1 Å². The predicted molar refractivity (Wildman–Crippen MR) is 139 cm³/mol. The summed E-state index contributed by atoms with van der Waals surface area (Å²) in [5, 5.41) is 1.55. The molecule has 0 N–H and O–H groups in total. The summed E-state index contributed by atoms with van der Waals surface area (Å²) in [6.07, 6.45) is 15.2. The molecule has 33 heavy (non-hydrogen) atoms. The Balaban J connectivity index is 1.29. The molecule has 1 saturated carbocycles. The number of aryl methyl sites for hydroxylation is 2. The van der Waals surface area contributed by atoms with E-state index in [1.54, 1.807) is 6.92 Å². The summed E-state index contributed by atoms with van der Waals surface area (Å²) >= 11 is 0. The maximum Gasteiger partial charge on any atom is 0.133 e. The van der Waals surface area contributed by atoms with E-state index in [2.05, 4.69) is 55.2 Å². The zero-order valence-electron chi connectivity index (χ0n) is 20.0. The molecule has 1 aliphatic carbocycles. The highest BCUT2D eigenvalue weighted by atomic mass is 19.1. The second-order valence-electron chi connectivity index (χ2n) is 9.65. The van der Waals surface area contributed by atoms with Crippen molar-refractivity contribution >= 4 is 10.8 Å². The van der Waals surface area contributed by atoms with Crippen molar-refractivity contribution < 1.29 is 4.39 Å². The largest absolute Gasteiger partial charge is 0.206 e. The van der Waals surface area contributed by atoms with Crippen molar-refractivity contribution in [3.8, 4) is 11.8 Å². The second kappa shape index (κ2) is 11.3. The highest BCUT2D eigenvalue weighted by Crippen LogP contribution is 2.34. The van der Waals surface area contributed by atoms with Gasteiger partial charge in [0.25, 0.3) is 0 Å². The number of rotatable bonds is 6. The van der Waals surface area contributed by atoms with E-state index in [9.17, 15) is 4.39 Å². The molecule has 0 radical (unpaired) electrons. The minimum Gasteiger partial charge on any atom is -0.206 e. The highest BCUT2D eigenvalue weighted by Gasteiger charge is 2.20. The van der Waals surface area contributed by atoms with Crippen LogP contribution in [0.1, 0.15) is 74.1 Å². The van der Waals surface area contributed by atoms with Crippen LogP contribution in [0, 0.1) is 36.4 Å². The summed E-state index contributed by atoms with van der Waals surface area (Å²) in [5.74, 6) is 8.20. The van der Waals surface area contributed by atoms with E-state index < -0.39 is 0 Å². The van der Waals surface area contributed by atoms with Crippen LogP contribution < -0.4 is 0 Å². The number of allylic oxidation sites excluding steroid dienone is 2. The first-order valence-electron chi connectivity index (χ1n) is 12.5. The Morgan fingerprint density at radius 1 is 0.848 bits per heavy atom. The molecule has 0 aromatic heterocycles. The quantitative estimate of drug-likeness (QED) is 0.266. The van der Waals surface area contributed by atoms with Gasteiger partial charge in [0.05, 0.1) is 0 Å². The third-order valence-electron chi connectivity index (χ3n) is 7.24. The lowest BCUT2D eigenvalue weighted by molar-refractivity contribution is 0.254. The van der Waals surface area contributed by atoms with E-state index in [0.29, 0.717) is 10.9 Å². The summed E-state index contributed by atoms with van der Waals surface area (Å²) < 4.78 is 14.2. The summed E-state index contributed by atoms with van der Waals surface area (Å²) in [6, 6.07) is 18.2. The van der Waals surface area contributed by atoms with E-state index in [0.717, 1.165) is 34.8 Å². The maximum absolute atomic E-state index is 14.2. The third kappa shape index (κ3) is 6.35. The van der Waals surface area contributed by atoms with Crippen LogP contribution in [-0.4, -0.2) is 0 Å². The monoisotopic (exact) mass is 438 g/mol. The fraction of sp³-hybridized carbons (Fsp3) is 0.375. The molecular weight excluding hydrogens is 403 g/mol. The Bertz CT molecular complexity index is 1150. The second-order valence-corrected chi connectivity index (χ2v) is 9.65. The van der Waals surface area contributed by atoms with Gasteiger partial charge < -0.3 is 0 Å². The van der Waals surface area contributed by atoms with Crippen LogP contribution in [0.2, 0.25) is 0 Å². The van der Waals surface area contributed by atoms with Gasteiger partial charge in [-0.3, -0.25) is 0 Å². The molecule has 1 fully saturated rings. The van der Waals surface area contributed by atoms with Gasteiger partial charge in [0, 0.05) is 16.5 Å². The molecule has 0 unspecified atom stereocenters. The Kier molecular flexibility index (Phi) is 8.01. The van der Waals surface area contributed by atoms with E-state index in [-0.39, 0.29) is 5.82 Å². The normalized spacial score (nSPS) is 18.4. The molecule has 170 valence electrons. The van der Waals surface area contributed by atoms with Gasteiger partial charge in [0.1, 0.15) is 5.82 Å². The van der Waals surface area contributed by atoms with E-state index in [1.807, 2.05) is 30.3 Å². The average Bonchev–Trinajstić information content (AvgIpc) is 2.85. The Morgan fingerprint density at radius 2 is 1.52 bits per heavy atom. The van der Waals surface area contributed by atoms with Gasteiger partial charge in [0.2, 0.25) is 0 Å². The number of benzene rings is 3. The van der Waals surface area contributed by atoms with Crippen LogP contribution in [-0.2, 0) is 6.42 Å². The molecule has 3 aromatic rings. The molecule has 0 atom stereocenters. The number of fused-ring (bicyclic) bond motifs is 1. The Morgan fingerprint density at radius 3 is 2.24 bits per heavy atom. The van der Waals surface area contributed by atoms with Crippen molar-refractivity contribution in [2.45, 2.75) is 65.2 Å². The average molecular weight is 439 g/mol. The first-order valence-corrected chi connectivity index (χ1v) is 12.5. The maximum atomic E-state index is 14.2. The van der Waals surface area contributed by atoms with Crippen LogP contribution in [0.3, 0.4) is 0 Å². The fourth-order valence-electron chi connectivity index (χ4n) is 5.06. The molecule has 0 nitrogen and oxygen atoms in total. The SMILES string of the molecule is C/C=C/CCC1CCC(CCc2ccc(C#Cc3ccc4c(F)c(C)ccc4c3)cc2)CC1. The highest BCUT2D eigenvalue weighted by molar-refractivity contribution is 5.85. The van der Waals surface area contributed by atoms with Gasteiger partial charge in [0.15, 0.2) is 0 Å². The topological polar surface area (TPSA) is 0 Å². The van der Waals surface area contributed by atoms with Gasteiger partial charge >= 0.3 is 0 Å². The molecule has 4 rings (SSSR count). The van der Waals surface area contributed by atoms with Crippen LogP contribution in [0.4, 0.5) is 4.39 Å². The number of hydrogen-bond donors (Lipinski definition) is 0. The minimum absolute atomic E-state index is 0.139. The van der Waals surface area contributed by atoms with Crippen molar-refractivity contribution in [2.24, 2.45) is 11.8 Å². The zero-order chi connectivity index (χ0) is 23.0. The van der Waals surface area contributed by atoms with Gasteiger partial charge in [-0.1, -0.05) is 80.0 Å². The Hall–Kier alpha value is -2.85. The van der Waals surface area contributed by atoms with Gasteiger partial charge in [-0.15, -0.1) is 0 Å². The van der Waals surface area contributed by atoms with Crippen molar-refractivity contribution in [2.75, 3.05) is 0 Å². The molecule has 0 heterocycles. The lowest BCUT2D eigenvalue weighted by Gasteiger charge is -2.28. The van der Waals surface area contributed by atoms with Crippen molar-refractivity contribution in [3.05, 3.63) is 94.8 Å². The fourth-order valence-corrected chi connectivity index (χ4v) is 5.06. The molecule has 0 saturated heterocycles. The molecular formula is C32H35F. The van der Waals surface area contributed by atoms with Crippen LogP contribution in [0.5, 0.6) is 0 Å². The molecule has 3 aromatic carbocycles. The Labute approximate surface area is 198 Å². The van der Waals surface area contributed by atoms with Crippen molar-refractivity contribution in [3.63, 3.8) is 0 Å². The standard InChI is InChI=1S/C32H35F/c1-3-4-5-6-25-8-10-26(11-9-25)12-13-27-14-16-28(17-15-27)18-19-29-20-22-31-30(23-29)21-7-24(2)32(31)33/h3-4,7,14-17,20-23,25-26H,5-6,8-13H2,1-2H3/b4-3+. The van der Waals surface area contributed by atoms with E-state index in [4.69, 9.17) is 0 Å². The van der Waals surface area contributed by atoms with Crippen molar-refractivity contribution in [1.29, 1.82) is 0 Å². The smallest absolute Gasteiger partial charge is 0.133 e. The third-order valence-corrected chi connectivity index (χ3v) is 7.24. The van der Waals surface area contributed by atoms with Crippen LogP contribution >= 0.6 is 0 Å². The number of halogens is 1. The summed E-state index contributed by atoms with van der Waals surface area (Å²) in [5.41, 5.74) is 4.02. The molecule has 0 bridgehead atoms. The zero-order valence-corrected chi connectivity index (χ0v) is 20.0. The van der Waals surface area contributed by atoms with Gasteiger partial charge in [-0.2, -0.15) is 0 Å². The van der Waals surface area contributed by atoms with Crippen molar-refractivity contribution in [1.82, 2.24) is 0 Å². The molecule has 1 aliphatic rings. The summed E-state index contributed by atoms with van der Waals surface area (Å²) in [4.78, 5) is 0. The van der Waals surface area contributed by atoms with E-state index >= 15 is 0 Å². The number of hydrogen-bond acceptors (Lipinski definition) is 0. The minimum atomic E-state index is -0.139. The van der Waals surface area contributed by atoms with Crippen LogP contribution in [0.15, 0.2) is 66.7 Å². The van der Waals surface area contributed by atoms with E-state index in [1.165, 1.54) is 50.5 Å². The lowest BCUT2D eigenvalue weighted by Crippen LogP contribution is -2.15. The molecule has 0 amide bonds. The van der Waals surface area contributed by atoms with Gasteiger partial charge in [-0.25, -0.2) is 4.39 Å². The first kappa shape index (κ1) is 23.3. The lowest BCUT2D eigenvalue weighted by atomic mass is 9.78. The van der Waals surface area contributed by atoms with Crippen LogP contribution in [0.25, 0.3) is 10.8 Å². The first-order chi connectivity index (χ1) is 16.1. The molecule has 1 heteroatoms. The molecule has 0 spiro atoms. The predicted octanol–water partition coefficient (Wildman–Crippen LogP) is 8.78. The molecule has 0 aliphatic heterocycles. The summed E-state index contributed by atoms with van der Waals surface area (Å²) in [6.45, 7) is 3.91. The summed E-state index contributed by atoms with van der Waals surface area (Å²) in [7, 11) is 0.